The van der Waals surface area contributed by atoms with Crippen molar-refractivity contribution in [3.05, 3.63) is 42.1 Å². The Kier molecular flexibility index (Phi) is 6.66. The molecule has 2 aromatic rings. The van der Waals surface area contributed by atoms with Gasteiger partial charge >= 0.3 is 11.9 Å². The number of methoxy groups -OCH3 is 1. The van der Waals surface area contributed by atoms with Gasteiger partial charge in [-0.15, -0.1) is 0 Å². The summed E-state index contributed by atoms with van der Waals surface area (Å²) in [5.74, 6) is -1.92. The van der Waals surface area contributed by atoms with Gasteiger partial charge in [0.15, 0.2) is 6.61 Å². The number of nitrogens with one attached hydrogen (secondary N) is 1. The summed E-state index contributed by atoms with van der Waals surface area (Å²) in [7, 11) is 1.26. The van der Waals surface area contributed by atoms with Crippen LogP contribution in [0.3, 0.4) is 0 Å². The fourth-order valence-corrected chi connectivity index (χ4v) is 2.40. The molecule has 1 heterocycles. The third-order valence-electron chi connectivity index (χ3n) is 4.13. The molecule has 0 radical (unpaired) electrons. The van der Waals surface area contributed by atoms with Crippen molar-refractivity contribution >= 4 is 28.7 Å². The summed E-state index contributed by atoms with van der Waals surface area (Å²) in [5, 5.41) is 3.44. The van der Waals surface area contributed by atoms with Crippen LogP contribution in [0.2, 0.25) is 0 Å². The molecule has 0 fully saturated rings. The van der Waals surface area contributed by atoms with E-state index in [0.717, 1.165) is 5.39 Å². The van der Waals surface area contributed by atoms with Crippen LogP contribution >= 0.6 is 0 Å². The van der Waals surface area contributed by atoms with E-state index in [1.54, 1.807) is 18.2 Å². The average molecular weight is 358 g/mol. The van der Waals surface area contributed by atoms with Crippen LogP contribution in [-0.2, 0) is 19.1 Å². The van der Waals surface area contributed by atoms with E-state index in [1.807, 2.05) is 32.0 Å². The van der Waals surface area contributed by atoms with Gasteiger partial charge in [0.1, 0.15) is 11.7 Å². The lowest BCUT2D eigenvalue weighted by molar-refractivity contribution is -0.147. The van der Waals surface area contributed by atoms with Gasteiger partial charge in [0.2, 0.25) is 0 Å². The van der Waals surface area contributed by atoms with E-state index in [1.165, 1.54) is 7.11 Å². The number of esters is 2. The first-order valence-electron chi connectivity index (χ1n) is 8.36. The number of hydrogen-bond acceptors (Lipinski definition) is 6. The van der Waals surface area contributed by atoms with E-state index in [-0.39, 0.29) is 11.6 Å². The second-order valence-corrected chi connectivity index (χ2v) is 5.92. The predicted octanol–water partition coefficient (Wildman–Crippen LogP) is 2.10. The molecule has 1 N–H and O–H groups in total. The summed E-state index contributed by atoms with van der Waals surface area (Å²) in [5.41, 5.74) is 0.775. The van der Waals surface area contributed by atoms with Crippen molar-refractivity contribution in [3.8, 4) is 0 Å². The molecule has 0 aliphatic rings. The zero-order chi connectivity index (χ0) is 19.1. The van der Waals surface area contributed by atoms with Gasteiger partial charge in [0.05, 0.1) is 12.6 Å². The molecule has 2 atom stereocenters. The Labute approximate surface area is 151 Å². The summed E-state index contributed by atoms with van der Waals surface area (Å²) < 4.78 is 9.70. The van der Waals surface area contributed by atoms with Crippen molar-refractivity contribution in [2.45, 2.75) is 26.3 Å². The van der Waals surface area contributed by atoms with Crippen molar-refractivity contribution in [2.75, 3.05) is 13.7 Å². The van der Waals surface area contributed by atoms with Crippen molar-refractivity contribution in [2.24, 2.45) is 5.92 Å². The molecule has 0 saturated heterocycles. The fourth-order valence-electron chi connectivity index (χ4n) is 2.40. The second-order valence-electron chi connectivity index (χ2n) is 5.92. The number of nitrogens with zero attached hydrogens (tertiary/aromatic N) is 1. The number of pyridine rings is 1. The Morgan fingerprint density at radius 3 is 2.58 bits per heavy atom. The molecule has 0 aliphatic carbocycles. The van der Waals surface area contributed by atoms with Gasteiger partial charge in [-0.1, -0.05) is 44.5 Å². The molecule has 1 aromatic carbocycles. The first kappa shape index (κ1) is 19.4. The third-order valence-corrected chi connectivity index (χ3v) is 4.13. The van der Waals surface area contributed by atoms with Crippen LogP contribution in [-0.4, -0.2) is 42.6 Å². The summed E-state index contributed by atoms with van der Waals surface area (Å²) in [6.07, 6.45) is 0.681. The normalized spacial score (nSPS) is 12.9. The summed E-state index contributed by atoms with van der Waals surface area (Å²) >= 11 is 0. The van der Waals surface area contributed by atoms with Gasteiger partial charge in [-0.25, -0.2) is 14.6 Å². The minimum absolute atomic E-state index is 0.107. The maximum Gasteiger partial charge on any atom is 0.357 e. The molecule has 26 heavy (non-hydrogen) atoms. The quantitative estimate of drug-likeness (QED) is 0.762. The van der Waals surface area contributed by atoms with Crippen molar-refractivity contribution in [1.29, 1.82) is 0 Å². The molecule has 1 amide bonds. The zero-order valence-electron chi connectivity index (χ0n) is 15.0. The van der Waals surface area contributed by atoms with Gasteiger partial charge in [-0.05, 0) is 18.1 Å². The first-order chi connectivity index (χ1) is 12.5. The van der Waals surface area contributed by atoms with Gasteiger partial charge in [0.25, 0.3) is 5.91 Å². The zero-order valence-corrected chi connectivity index (χ0v) is 15.0. The van der Waals surface area contributed by atoms with Crippen LogP contribution < -0.4 is 5.32 Å². The molecule has 1 aromatic heterocycles. The highest BCUT2D eigenvalue weighted by Gasteiger charge is 2.27. The molecular formula is C19H22N2O5. The number of para-hydroxylation sites is 1. The monoisotopic (exact) mass is 358 g/mol. The topological polar surface area (TPSA) is 94.6 Å². The van der Waals surface area contributed by atoms with Crippen molar-refractivity contribution in [1.82, 2.24) is 10.3 Å². The van der Waals surface area contributed by atoms with E-state index in [4.69, 9.17) is 9.47 Å². The maximum atomic E-state index is 12.1. The molecule has 0 unspecified atom stereocenters. The molecular weight excluding hydrogens is 336 g/mol. The van der Waals surface area contributed by atoms with Gasteiger partial charge < -0.3 is 14.8 Å². The highest BCUT2D eigenvalue weighted by molar-refractivity contribution is 5.93. The van der Waals surface area contributed by atoms with E-state index in [9.17, 15) is 14.4 Å². The minimum atomic E-state index is -0.782. The fraction of sp³-hybridized carbons (Fsp3) is 0.368. The highest BCUT2D eigenvalue weighted by atomic mass is 16.5. The number of aromatic nitrogens is 1. The molecule has 0 bridgehead atoms. The standard InChI is InChI=1S/C19H22N2O5/c1-4-12(2)17(19(24)25-3)21-16(22)11-26-18(23)15-10-9-13-7-5-6-8-14(13)20-15/h5-10,12,17H,4,11H2,1-3H3,(H,21,22)/t12-,17-/m1/s1. The van der Waals surface area contributed by atoms with Gasteiger partial charge in [-0.3, -0.25) is 4.79 Å². The molecule has 7 nitrogen and oxygen atoms in total. The first-order valence-corrected chi connectivity index (χ1v) is 8.36. The van der Waals surface area contributed by atoms with Crippen LogP contribution in [0.4, 0.5) is 0 Å². The predicted molar refractivity (Wildman–Crippen MR) is 95.4 cm³/mol. The van der Waals surface area contributed by atoms with Gasteiger partial charge in [-0.2, -0.15) is 0 Å². The van der Waals surface area contributed by atoms with Crippen LogP contribution in [0, 0.1) is 5.92 Å². The van der Waals surface area contributed by atoms with Crippen molar-refractivity contribution < 1.29 is 23.9 Å². The van der Waals surface area contributed by atoms with E-state index in [0.29, 0.717) is 11.9 Å². The summed E-state index contributed by atoms with van der Waals surface area (Å²) in [6.45, 7) is 3.22. The smallest absolute Gasteiger partial charge is 0.357 e. The SMILES string of the molecule is CC[C@@H](C)[C@@H](NC(=O)COC(=O)c1ccc2ccccc2n1)C(=O)OC. The van der Waals surface area contributed by atoms with Crippen LogP contribution in [0.15, 0.2) is 36.4 Å². The Bertz CT molecular complexity index is 805. The van der Waals surface area contributed by atoms with Crippen LogP contribution in [0.25, 0.3) is 10.9 Å². The molecule has 0 aliphatic heterocycles. The molecule has 0 saturated carbocycles. The van der Waals surface area contributed by atoms with E-state index >= 15 is 0 Å². The lowest BCUT2D eigenvalue weighted by atomic mass is 9.99. The Balaban J connectivity index is 1.96. The Morgan fingerprint density at radius 1 is 1.15 bits per heavy atom. The van der Waals surface area contributed by atoms with E-state index < -0.39 is 30.5 Å². The molecule has 0 spiro atoms. The second kappa shape index (κ2) is 8.94. The maximum absolute atomic E-state index is 12.1. The number of fused-ring (bicyclic) bond motifs is 1. The van der Waals surface area contributed by atoms with Crippen molar-refractivity contribution in [3.63, 3.8) is 0 Å². The van der Waals surface area contributed by atoms with Gasteiger partial charge in [0, 0.05) is 5.39 Å². The van der Waals surface area contributed by atoms with Crippen LogP contribution in [0.5, 0.6) is 0 Å². The number of ether oxygens (including phenoxy) is 2. The largest absolute Gasteiger partial charge is 0.467 e. The lowest BCUT2D eigenvalue weighted by Gasteiger charge is -2.21. The Hall–Kier alpha value is -2.96. The number of benzene rings is 1. The number of amides is 1. The summed E-state index contributed by atoms with van der Waals surface area (Å²) in [4.78, 5) is 40.1. The molecule has 7 heteroatoms. The molecule has 2 rings (SSSR count). The highest BCUT2D eigenvalue weighted by Crippen LogP contribution is 2.12. The number of rotatable bonds is 7. The third kappa shape index (κ3) is 4.78. The van der Waals surface area contributed by atoms with E-state index in [2.05, 4.69) is 10.3 Å². The average Bonchev–Trinajstić information content (AvgIpc) is 2.68. The summed E-state index contributed by atoms with van der Waals surface area (Å²) in [6, 6.07) is 9.88. The minimum Gasteiger partial charge on any atom is -0.467 e. The lowest BCUT2D eigenvalue weighted by Crippen LogP contribution is -2.47. The molecule has 138 valence electrons. The number of carbonyl (C=O) groups is 3. The van der Waals surface area contributed by atoms with Crippen LogP contribution in [0.1, 0.15) is 30.8 Å². The number of carbonyl (C=O) groups excluding carboxylic acids is 3. The number of hydrogen-bond donors (Lipinski definition) is 1. The Morgan fingerprint density at radius 2 is 1.88 bits per heavy atom.